The van der Waals surface area contributed by atoms with Crippen LogP contribution >= 0.6 is 0 Å². The van der Waals surface area contributed by atoms with Gasteiger partial charge in [-0.2, -0.15) is 0 Å². The quantitative estimate of drug-likeness (QED) is 0.621. The Morgan fingerprint density at radius 3 is 2.38 bits per heavy atom. The zero-order chi connectivity index (χ0) is 15.6. The van der Waals surface area contributed by atoms with Crippen LogP contribution in [0.5, 0.6) is 11.5 Å². The number of unbranched alkanes of at least 4 members (excludes halogenated alkanes) is 3. The van der Waals surface area contributed by atoms with Crippen molar-refractivity contribution in [2.24, 2.45) is 0 Å². The highest BCUT2D eigenvalue weighted by Crippen LogP contribution is 2.44. The van der Waals surface area contributed by atoms with E-state index in [9.17, 15) is 15.0 Å². The second-order valence-corrected chi connectivity index (χ2v) is 6.38. The highest BCUT2D eigenvalue weighted by molar-refractivity contribution is 6.13. The SMILES string of the molecule is CCCCCCC1=CC(C)(C)c2c(O)ccc(O)c2C1=O. The molecular formula is C18H24O3. The van der Waals surface area contributed by atoms with Gasteiger partial charge >= 0.3 is 0 Å². The van der Waals surface area contributed by atoms with E-state index < -0.39 is 5.41 Å². The Morgan fingerprint density at radius 1 is 1.05 bits per heavy atom. The zero-order valence-corrected chi connectivity index (χ0v) is 13.1. The number of carbonyl (C=O) groups is 1. The molecule has 0 unspecified atom stereocenters. The number of carbonyl (C=O) groups excluding carboxylic acids is 1. The second-order valence-electron chi connectivity index (χ2n) is 6.38. The topological polar surface area (TPSA) is 57.5 Å². The minimum Gasteiger partial charge on any atom is -0.508 e. The van der Waals surface area contributed by atoms with Crippen molar-refractivity contribution in [3.63, 3.8) is 0 Å². The van der Waals surface area contributed by atoms with Crippen molar-refractivity contribution in [2.45, 2.75) is 58.3 Å². The molecule has 0 spiro atoms. The molecule has 0 heterocycles. The fourth-order valence-electron chi connectivity index (χ4n) is 3.12. The van der Waals surface area contributed by atoms with Crippen LogP contribution in [0.2, 0.25) is 0 Å². The van der Waals surface area contributed by atoms with E-state index in [2.05, 4.69) is 6.92 Å². The van der Waals surface area contributed by atoms with Crippen LogP contribution in [0.15, 0.2) is 23.8 Å². The minimum atomic E-state index is -0.452. The average molecular weight is 288 g/mol. The van der Waals surface area contributed by atoms with Gasteiger partial charge in [0.15, 0.2) is 5.78 Å². The molecule has 21 heavy (non-hydrogen) atoms. The first-order valence-corrected chi connectivity index (χ1v) is 7.70. The lowest BCUT2D eigenvalue weighted by atomic mass is 9.72. The summed E-state index contributed by atoms with van der Waals surface area (Å²) in [6.07, 6.45) is 7.11. The van der Waals surface area contributed by atoms with Crippen LogP contribution < -0.4 is 0 Å². The van der Waals surface area contributed by atoms with Gasteiger partial charge in [0.25, 0.3) is 0 Å². The van der Waals surface area contributed by atoms with E-state index in [4.69, 9.17) is 0 Å². The third kappa shape index (κ3) is 2.97. The molecule has 0 aliphatic heterocycles. The van der Waals surface area contributed by atoms with Crippen molar-refractivity contribution >= 4 is 5.78 Å². The third-order valence-electron chi connectivity index (χ3n) is 4.16. The van der Waals surface area contributed by atoms with Gasteiger partial charge in [-0.15, -0.1) is 0 Å². The number of Topliss-reactive ketones (excluding diaryl/α,β-unsaturated/α-hetero) is 1. The van der Waals surface area contributed by atoms with E-state index in [-0.39, 0.29) is 22.8 Å². The molecule has 1 aromatic rings. The molecule has 0 saturated carbocycles. The smallest absolute Gasteiger partial charge is 0.192 e. The van der Waals surface area contributed by atoms with Gasteiger partial charge in [0.05, 0.1) is 5.56 Å². The summed E-state index contributed by atoms with van der Waals surface area (Å²) in [7, 11) is 0. The van der Waals surface area contributed by atoms with Gasteiger partial charge < -0.3 is 10.2 Å². The van der Waals surface area contributed by atoms with Crippen LogP contribution in [0.4, 0.5) is 0 Å². The number of rotatable bonds is 5. The highest BCUT2D eigenvalue weighted by atomic mass is 16.3. The van der Waals surface area contributed by atoms with Crippen LogP contribution in [0.25, 0.3) is 0 Å². The Kier molecular flexibility index (Phi) is 4.40. The maximum atomic E-state index is 12.6. The Hall–Kier alpha value is -1.77. The first-order chi connectivity index (χ1) is 9.88. The molecule has 1 aromatic carbocycles. The molecule has 0 aromatic heterocycles. The van der Waals surface area contributed by atoms with Gasteiger partial charge in [0, 0.05) is 11.0 Å². The molecule has 0 fully saturated rings. The highest BCUT2D eigenvalue weighted by Gasteiger charge is 2.36. The Bertz CT molecular complexity index is 582. The van der Waals surface area contributed by atoms with E-state index >= 15 is 0 Å². The number of benzene rings is 1. The molecule has 1 aliphatic rings. The van der Waals surface area contributed by atoms with Crippen molar-refractivity contribution in [1.82, 2.24) is 0 Å². The molecule has 114 valence electrons. The lowest BCUT2D eigenvalue weighted by Gasteiger charge is -2.31. The fraction of sp³-hybridized carbons (Fsp3) is 0.500. The van der Waals surface area contributed by atoms with Crippen LogP contribution in [-0.2, 0) is 5.41 Å². The number of ketones is 1. The number of fused-ring (bicyclic) bond motifs is 1. The van der Waals surface area contributed by atoms with E-state index in [0.29, 0.717) is 5.56 Å². The van der Waals surface area contributed by atoms with E-state index in [1.165, 1.54) is 18.6 Å². The normalized spacial score (nSPS) is 16.5. The molecule has 0 amide bonds. The standard InChI is InChI=1S/C18H24O3/c1-4-5-6-7-8-12-11-18(2,3)16-14(20)10-9-13(19)15(16)17(12)21/h9-11,19-20H,4-8H2,1-3H3. The predicted molar refractivity (Wildman–Crippen MR) is 84.0 cm³/mol. The first-order valence-electron chi connectivity index (χ1n) is 7.70. The summed E-state index contributed by atoms with van der Waals surface area (Å²) in [5, 5.41) is 20.1. The summed E-state index contributed by atoms with van der Waals surface area (Å²) >= 11 is 0. The summed E-state index contributed by atoms with van der Waals surface area (Å²) < 4.78 is 0. The average Bonchev–Trinajstić information content (AvgIpc) is 2.42. The first kappa shape index (κ1) is 15.6. The number of aromatic hydroxyl groups is 2. The minimum absolute atomic E-state index is 0.0416. The summed E-state index contributed by atoms with van der Waals surface area (Å²) in [4.78, 5) is 12.6. The summed E-state index contributed by atoms with van der Waals surface area (Å²) in [5.41, 5.74) is 1.11. The van der Waals surface area contributed by atoms with Gasteiger partial charge in [-0.05, 0) is 30.5 Å². The van der Waals surface area contributed by atoms with Crippen molar-refractivity contribution < 1.29 is 15.0 Å². The monoisotopic (exact) mass is 288 g/mol. The van der Waals surface area contributed by atoms with Crippen LogP contribution in [0, 0.1) is 0 Å². The number of hydrogen-bond acceptors (Lipinski definition) is 3. The number of hydrogen-bond donors (Lipinski definition) is 2. The van der Waals surface area contributed by atoms with Crippen LogP contribution in [0.3, 0.4) is 0 Å². The van der Waals surface area contributed by atoms with Gasteiger partial charge in [-0.1, -0.05) is 46.1 Å². The summed E-state index contributed by atoms with van der Waals surface area (Å²) in [6.45, 7) is 6.08. The molecule has 0 radical (unpaired) electrons. The molecule has 0 saturated heterocycles. The number of phenols is 2. The van der Waals surface area contributed by atoms with E-state index in [0.717, 1.165) is 31.3 Å². The van der Waals surface area contributed by atoms with Gasteiger partial charge in [-0.25, -0.2) is 0 Å². The van der Waals surface area contributed by atoms with Crippen LogP contribution in [-0.4, -0.2) is 16.0 Å². The Labute approximate surface area is 126 Å². The zero-order valence-electron chi connectivity index (χ0n) is 13.1. The van der Waals surface area contributed by atoms with Crippen molar-refractivity contribution in [3.8, 4) is 11.5 Å². The van der Waals surface area contributed by atoms with Gasteiger partial charge in [0.1, 0.15) is 11.5 Å². The molecule has 1 aliphatic carbocycles. The molecule has 3 heteroatoms. The maximum absolute atomic E-state index is 12.6. The largest absolute Gasteiger partial charge is 0.508 e. The third-order valence-corrected chi connectivity index (χ3v) is 4.16. The summed E-state index contributed by atoms with van der Waals surface area (Å²) in [6, 6.07) is 2.84. The van der Waals surface area contributed by atoms with Gasteiger partial charge in [0.2, 0.25) is 0 Å². The van der Waals surface area contributed by atoms with Crippen LogP contribution in [0.1, 0.15) is 68.8 Å². The van der Waals surface area contributed by atoms with Crippen molar-refractivity contribution in [3.05, 3.63) is 34.9 Å². The molecular weight excluding hydrogens is 264 g/mol. The molecule has 0 atom stereocenters. The lowest BCUT2D eigenvalue weighted by Crippen LogP contribution is -2.26. The van der Waals surface area contributed by atoms with Gasteiger partial charge in [-0.3, -0.25) is 4.79 Å². The fourth-order valence-corrected chi connectivity index (χ4v) is 3.12. The molecule has 3 nitrogen and oxygen atoms in total. The number of phenolic OH excluding ortho intramolecular Hbond substituents is 2. The maximum Gasteiger partial charge on any atom is 0.192 e. The van der Waals surface area contributed by atoms with E-state index in [1.807, 2.05) is 19.9 Å². The second kappa shape index (κ2) is 5.92. The summed E-state index contributed by atoms with van der Waals surface area (Å²) in [5.74, 6) is -0.114. The predicted octanol–water partition coefficient (Wildman–Crippen LogP) is 4.47. The Balaban J connectivity index is 2.35. The lowest BCUT2D eigenvalue weighted by molar-refractivity contribution is 0.102. The Morgan fingerprint density at radius 2 is 1.71 bits per heavy atom. The van der Waals surface area contributed by atoms with Crippen molar-refractivity contribution in [2.75, 3.05) is 0 Å². The molecule has 2 rings (SSSR count). The number of allylic oxidation sites excluding steroid dienone is 2. The molecule has 0 bridgehead atoms. The van der Waals surface area contributed by atoms with Crippen molar-refractivity contribution in [1.29, 1.82) is 0 Å². The van der Waals surface area contributed by atoms with E-state index in [1.54, 1.807) is 0 Å². The molecule has 2 N–H and O–H groups in total.